The zero-order valence-electron chi connectivity index (χ0n) is 15.1. The molecule has 0 spiro atoms. The summed E-state index contributed by atoms with van der Waals surface area (Å²) in [6.45, 7) is 3.91. The molecule has 2 aliphatic rings. The van der Waals surface area contributed by atoms with Crippen molar-refractivity contribution < 1.29 is 4.42 Å². The quantitative estimate of drug-likeness (QED) is 0.649. The largest absolute Gasteiger partial charge is 0.422 e. The summed E-state index contributed by atoms with van der Waals surface area (Å²) in [5, 5.41) is 16.6. The Labute approximate surface area is 155 Å². The number of hydrogen-bond acceptors (Lipinski definition) is 7. The van der Waals surface area contributed by atoms with Gasteiger partial charge in [0.05, 0.1) is 5.56 Å². The second kappa shape index (κ2) is 6.26. The number of rotatable bonds is 2. The Balaban J connectivity index is 1.62. The molecule has 1 aromatic carbocycles. The Morgan fingerprint density at radius 1 is 1.04 bits per heavy atom. The van der Waals surface area contributed by atoms with E-state index in [2.05, 4.69) is 31.4 Å². The minimum absolute atomic E-state index is 0.351. The number of aromatic nitrogens is 4. The van der Waals surface area contributed by atoms with E-state index in [1.54, 1.807) is 19.1 Å². The van der Waals surface area contributed by atoms with Crippen molar-refractivity contribution in [3.63, 3.8) is 0 Å². The standard InChI is InChI=1S/C20H19N5O2/c1-12-21-23-17(24-22-12)7-6-14-11-15-10-13-4-2-8-25-9-3-5-16(18(13)25)19(15)27-20(14)26/h6-7,10-11H,2-5,8-9H2,1H3/b7-6+. The van der Waals surface area contributed by atoms with Gasteiger partial charge >= 0.3 is 5.63 Å². The van der Waals surface area contributed by atoms with Gasteiger partial charge < -0.3 is 9.32 Å². The van der Waals surface area contributed by atoms with E-state index in [9.17, 15) is 4.79 Å². The predicted molar refractivity (Wildman–Crippen MR) is 103 cm³/mol. The molecule has 0 aliphatic carbocycles. The van der Waals surface area contributed by atoms with Gasteiger partial charge in [0, 0.05) is 29.7 Å². The van der Waals surface area contributed by atoms with Crippen LogP contribution in [-0.4, -0.2) is 33.5 Å². The number of nitrogens with zero attached hydrogens (tertiary/aromatic N) is 5. The Kier molecular flexibility index (Phi) is 3.74. The molecule has 0 saturated carbocycles. The smallest absolute Gasteiger partial charge is 0.343 e. The van der Waals surface area contributed by atoms with Gasteiger partial charge in [0.1, 0.15) is 5.58 Å². The third kappa shape index (κ3) is 2.79. The Hall–Kier alpha value is -3.09. The fraction of sp³-hybridized carbons (Fsp3) is 0.350. The van der Waals surface area contributed by atoms with Gasteiger partial charge in [-0.15, -0.1) is 20.4 Å². The van der Waals surface area contributed by atoms with Gasteiger partial charge in [0.15, 0.2) is 11.6 Å². The average molecular weight is 361 g/mol. The maximum atomic E-state index is 12.5. The van der Waals surface area contributed by atoms with E-state index >= 15 is 0 Å². The third-order valence-electron chi connectivity index (χ3n) is 5.25. The van der Waals surface area contributed by atoms with Crippen LogP contribution in [0.5, 0.6) is 0 Å². The van der Waals surface area contributed by atoms with Crippen LogP contribution in [0.4, 0.5) is 5.69 Å². The molecule has 2 aliphatic heterocycles. The summed E-state index contributed by atoms with van der Waals surface area (Å²) in [4.78, 5) is 15.0. The monoisotopic (exact) mass is 361 g/mol. The van der Waals surface area contributed by atoms with E-state index in [1.165, 1.54) is 23.2 Å². The zero-order chi connectivity index (χ0) is 18.4. The van der Waals surface area contributed by atoms with Crippen molar-refractivity contribution in [2.45, 2.75) is 32.6 Å². The summed E-state index contributed by atoms with van der Waals surface area (Å²) in [6, 6.07) is 4.08. The first-order valence-electron chi connectivity index (χ1n) is 9.29. The van der Waals surface area contributed by atoms with Gasteiger partial charge in [-0.25, -0.2) is 4.79 Å². The lowest BCUT2D eigenvalue weighted by atomic mass is 9.90. The fourth-order valence-corrected chi connectivity index (χ4v) is 4.10. The van der Waals surface area contributed by atoms with E-state index in [0.29, 0.717) is 17.2 Å². The highest BCUT2D eigenvalue weighted by atomic mass is 16.4. The van der Waals surface area contributed by atoms with Crippen LogP contribution in [0.25, 0.3) is 23.1 Å². The van der Waals surface area contributed by atoms with Gasteiger partial charge in [-0.3, -0.25) is 0 Å². The second-order valence-electron chi connectivity index (χ2n) is 7.10. The highest BCUT2D eigenvalue weighted by molar-refractivity contribution is 5.89. The molecule has 7 heteroatoms. The Morgan fingerprint density at radius 3 is 2.63 bits per heavy atom. The first-order chi connectivity index (χ1) is 13.2. The molecule has 0 unspecified atom stereocenters. The van der Waals surface area contributed by atoms with Crippen LogP contribution in [-0.2, 0) is 12.8 Å². The molecule has 27 heavy (non-hydrogen) atoms. The maximum Gasteiger partial charge on any atom is 0.343 e. The fourth-order valence-electron chi connectivity index (χ4n) is 4.10. The first-order valence-corrected chi connectivity index (χ1v) is 9.29. The van der Waals surface area contributed by atoms with E-state index in [-0.39, 0.29) is 5.63 Å². The molecule has 0 amide bonds. The van der Waals surface area contributed by atoms with Gasteiger partial charge in [-0.05, 0) is 62.5 Å². The van der Waals surface area contributed by atoms with Gasteiger partial charge in [0.25, 0.3) is 0 Å². The second-order valence-corrected chi connectivity index (χ2v) is 7.10. The molecule has 7 nitrogen and oxygen atoms in total. The van der Waals surface area contributed by atoms with E-state index in [4.69, 9.17) is 4.42 Å². The molecule has 3 aromatic rings. The lowest BCUT2D eigenvalue weighted by Crippen LogP contribution is -2.34. The lowest BCUT2D eigenvalue weighted by Gasteiger charge is -2.37. The summed E-state index contributed by atoms with van der Waals surface area (Å²) in [6.07, 6.45) is 7.60. The van der Waals surface area contributed by atoms with Crippen molar-refractivity contribution in [2.75, 3.05) is 18.0 Å². The van der Waals surface area contributed by atoms with Crippen LogP contribution >= 0.6 is 0 Å². The Bertz CT molecular complexity index is 1120. The molecule has 0 fully saturated rings. The van der Waals surface area contributed by atoms with Gasteiger partial charge in [-0.1, -0.05) is 0 Å². The molecule has 5 rings (SSSR count). The van der Waals surface area contributed by atoms with Crippen LogP contribution in [0, 0.1) is 6.92 Å². The molecule has 0 radical (unpaired) electrons. The van der Waals surface area contributed by atoms with Gasteiger partial charge in [-0.2, -0.15) is 0 Å². The van der Waals surface area contributed by atoms with E-state index < -0.39 is 0 Å². The van der Waals surface area contributed by atoms with Crippen molar-refractivity contribution in [1.82, 2.24) is 20.4 Å². The van der Waals surface area contributed by atoms with Crippen LogP contribution < -0.4 is 10.5 Å². The molecule has 0 saturated heterocycles. The van der Waals surface area contributed by atoms with Crippen molar-refractivity contribution >= 4 is 28.8 Å². The minimum Gasteiger partial charge on any atom is -0.422 e. The van der Waals surface area contributed by atoms with Crippen LogP contribution in [0.1, 0.15) is 41.2 Å². The van der Waals surface area contributed by atoms with Crippen molar-refractivity contribution in [2.24, 2.45) is 0 Å². The normalized spacial score (nSPS) is 16.1. The molecule has 0 atom stereocenters. The predicted octanol–water partition coefficient (Wildman–Crippen LogP) is 2.55. The number of aryl methyl sites for hydroxylation is 3. The molecular formula is C20H19N5O2. The van der Waals surface area contributed by atoms with Crippen molar-refractivity contribution in [1.29, 1.82) is 0 Å². The van der Waals surface area contributed by atoms with Crippen LogP contribution in [0.2, 0.25) is 0 Å². The summed E-state index contributed by atoms with van der Waals surface area (Å²) >= 11 is 0. The molecule has 136 valence electrons. The number of fused-ring (bicyclic) bond motifs is 2. The topological polar surface area (TPSA) is 85.0 Å². The third-order valence-corrected chi connectivity index (χ3v) is 5.25. The minimum atomic E-state index is -0.351. The highest BCUT2D eigenvalue weighted by Gasteiger charge is 2.26. The average Bonchev–Trinajstić information content (AvgIpc) is 2.69. The summed E-state index contributed by atoms with van der Waals surface area (Å²) in [5.74, 6) is 0.862. The van der Waals surface area contributed by atoms with E-state index in [0.717, 1.165) is 43.3 Å². The molecule has 0 N–H and O–H groups in total. The SMILES string of the molecule is Cc1nnc(/C=C/c2cc3cc4c5c(c3oc2=O)CCCN5CCC4)nn1. The molecule has 4 heterocycles. The molecule has 0 bridgehead atoms. The van der Waals surface area contributed by atoms with Crippen LogP contribution in [0.15, 0.2) is 21.3 Å². The lowest BCUT2D eigenvalue weighted by molar-refractivity contribution is 0.548. The maximum absolute atomic E-state index is 12.5. The first kappa shape index (κ1) is 16.1. The number of hydrogen-bond donors (Lipinski definition) is 0. The Morgan fingerprint density at radius 2 is 1.81 bits per heavy atom. The molecule has 2 aromatic heterocycles. The summed E-state index contributed by atoms with van der Waals surface area (Å²) < 4.78 is 5.77. The number of benzene rings is 1. The van der Waals surface area contributed by atoms with Crippen molar-refractivity contribution in [3.05, 3.63) is 50.9 Å². The number of anilines is 1. The summed E-state index contributed by atoms with van der Waals surface area (Å²) in [7, 11) is 0. The van der Waals surface area contributed by atoms with Crippen LogP contribution in [0.3, 0.4) is 0 Å². The van der Waals surface area contributed by atoms with Crippen molar-refractivity contribution in [3.8, 4) is 0 Å². The highest BCUT2D eigenvalue weighted by Crippen LogP contribution is 2.39. The summed E-state index contributed by atoms with van der Waals surface area (Å²) in [5.41, 5.74) is 4.71. The molecular weight excluding hydrogens is 342 g/mol. The zero-order valence-corrected chi connectivity index (χ0v) is 15.1. The van der Waals surface area contributed by atoms with E-state index in [1.807, 2.05) is 6.07 Å². The van der Waals surface area contributed by atoms with Gasteiger partial charge in [0.2, 0.25) is 0 Å².